The van der Waals surface area contributed by atoms with Gasteiger partial charge in [0, 0.05) is 37.8 Å². The van der Waals surface area contributed by atoms with Crippen LogP contribution in [0.15, 0.2) is 24.3 Å². The number of carbonyl (C=O) groups excluding carboxylic acids is 1. The summed E-state index contributed by atoms with van der Waals surface area (Å²) in [4.78, 5) is 25.3. The third-order valence-corrected chi connectivity index (χ3v) is 4.53. The quantitative estimate of drug-likeness (QED) is 0.816. The number of benzene rings is 1. The molecule has 2 N–H and O–H groups in total. The van der Waals surface area contributed by atoms with Crippen molar-refractivity contribution < 1.29 is 24.5 Å². The minimum Gasteiger partial charge on any atom is -0.490 e. The third kappa shape index (κ3) is 3.41. The lowest BCUT2D eigenvalue weighted by Gasteiger charge is -2.29. The molecule has 0 saturated heterocycles. The summed E-state index contributed by atoms with van der Waals surface area (Å²) >= 11 is 0. The largest absolute Gasteiger partial charge is 0.490 e. The number of ether oxygens (including phenoxy) is 1. The van der Waals surface area contributed by atoms with Gasteiger partial charge < -0.3 is 19.8 Å². The van der Waals surface area contributed by atoms with Crippen molar-refractivity contribution in [2.45, 2.75) is 26.0 Å². The fourth-order valence-electron chi connectivity index (χ4n) is 3.12. The lowest BCUT2D eigenvalue weighted by molar-refractivity contribution is -0.142. The number of carboxylic acid groups (broad SMARTS) is 1. The molecular weight excluding hydrogens is 338 g/mol. The van der Waals surface area contributed by atoms with Crippen molar-refractivity contribution in [3.8, 4) is 5.75 Å². The predicted molar refractivity (Wildman–Crippen MR) is 92.0 cm³/mol. The average molecular weight is 359 g/mol. The van der Waals surface area contributed by atoms with Gasteiger partial charge in [-0.25, -0.2) is 4.79 Å². The number of hydrogen-bond donors (Lipinski definition) is 2. The Morgan fingerprint density at radius 1 is 1.35 bits per heavy atom. The van der Waals surface area contributed by atoms with Crippen LogP contribution in [-0.2, 0) is 24.8 Å². The zero-order valence-corrected chi connectivity index (χ0v) is 14.7. The zero-order chi connectivity index (χ0) is 18.8. The Kier molecular flexibility index (Phi) is 4.94. The number of aromatic nitrogens is 2. The first kappa shape index (κ1) is 17.9. The van der Waals surface area contributed by atoms with Gasteiger partial charge in [0.25, 0.3) is 5.91 Å². The molecule has 0 aliphatic carbocycles. The molecule has 1 aliphatic rings. The molecule has 1 atom stereocenters. The van der Waals surface area contributed by atoms with Crippen molar-refractivity contribution >= 4 is 11.9 Å². The van der Waals surface area contributed by atoms with Crippen LogP contribution in [0, 0.1) is 6.92 Å². The van der Waals surface area contributed by atoms with E-state index in [-0.39, 0.29) is 18.8 Å². The van der Waals surface area contributed by atoms with E-state index in [2.05, 4.69) is 5.10 Å². The summed E-state index contributed by atoms with van der Waals surface area (Å²) in [6.45, 7) is 2.23. The molecule has 1 aliphatic heterocycles. The van der Waals surface area contributed by atoms with E-state index in [1.165, 1.54) is 4.90 Å². The van der Waals surface area contributed by atoms with Crippen molar-refractivity contribution in [1.82, 2.24) is 14.7 Å². The van der Waals surface area contributed by atoms with Crippen LogP contribution in [0.3, 0.4) is 0 Å². The molecule has 0 saturated carbocycles. The van der Waals surface area contributed by atoms with Gasteiger partial charge in [-0.05, 0) is 18.6 Å². The van der Waals surface area contributed by atoms with Crippen LogP contribution < -0.4 is 4.74 Å². The molecule has 8 heteroatoms. The molecule has 138 valence electrons. The number of aryl methyl sites for hydroxylation is 2. The number of nitrogens with zero attached hydrogens (tertiary/aromatic N) is 3. The molecule has 2 aromatic rings. The first-order valence-electron chi connectivity index (χ1n) is 8.31. The standard InChI is InChI=1S/C18H21N3O5/c1-11-5-3-4-6-15(11)26-10-14(22)17(23)21-8-7-13-12(9-21)16(18(24)25)19-20(13)2/h3-6,14,22H,7-10H2,1-2H3,(H,24,25)/t14-/m1/s1. The van der Waals surface area contributed by atoms with E-state index in [1.807, 2.05) is 25.1 Å². The van der Waals surface area contributed by atoms with Crippen LogP contribution in [0.1, 0.15) is 27.3 Å². The zero-order valence-electron chi connectivity index (χ0n) is 14.7. The van der Waals surface area contributed by atoms with Crippen molar-refractivity contribution in [3.63, 3.8) is 0 Å². The summed E-state index contributed by atoms with van der Waals surface area (Å²) in [5.41, 5.74) is 2.19. The van der Waals surface area contributed by atoms with Gasteiger partial charge in [0.15, 0.2) is 11.8 Å². The maximum absolute atomic E-state index is 12.5. The Balaban J connectivity index is 1.67. The maximum atomic E-state index is 12.5. The monoisotopic (exact) mass is 359 g/mol. The van der Waals surface area contributed by atoms with Gasteiger partial charge in [-0.1, -0.05) is 18.2 Å². The summed E-state index contributed by atoms with van der Waals surface area (Å²) in [5.74, 6) is -0.996. The number of carboxylic acids is 1. The SMILES string of the molecule is Cc1ccccc1OC[C@@H](O)C(=O)N1CCc2c(c(C(=O)O)nn2C)C1. The minimum absolute atomic E-state index is 0.0503. The lowest BCUT2D eigenvalue weighted by atomic mass is 10.0. The van der Waals surface area contributed by atoms with E-state index in [4.69, 9.17) is 4.74 Å². The van der Waals surface area contributed by atoms with Gasteiger partial charge in [0.1, 0.15) is 12.4 Å². The van der Waals surface area contributed by atoms with Gasteiger partial charge in [-0.3, -0.25) is 9.48 Å². The van der Waals surface area contributed by atoms with Gasteiger partial charge in [-0.2, -0.15) is 5.10 Å². The fraction of sp³-hybridized carbons (Fsp3) is 0.389. The molecule has 0 radical (unpaired) electrons. The first-order chi connectivity index (χ1) is 12.4. The molecule has 3 rings (SSSR count). The van der Waals surface area contributed by atoms with Crippen LogP contribution in [0.25, 0.3) is 0 Å². The van der Waals surface area contributed by atoms with Crippen molar-refractivity contribution in [2.75, 3.05) is 13.2 Å². The smallest absolute Gasteiger partial charge is 0.356 e. The van der Waals surface area contributed by atoms with Gasteiger partial charge in [0.2, 0.25) is 0 Å². The van der Waals surface area contributed by atoms with E-state index < -0.39 is 18.0 Å². The normalized spacial score (nSPS) is 14.7. The number of hydrogen-bond acceptors (Lipinski definition) is 5. The number of aliphatic hydroxyl groups is 1. The molecule has 1 aromatic carbocycles. The second kappa shape index (κ2) is 7.17. The molecule has 8 nitrogen and oxygen atoms in total. The Labute approximate surface area is 150 Å². The molecule has 0 bridgehead atoms. The number of amides is 1. The topological polar surface area (TPSA) is 105 Å². The number of carbonyl (C=O) groups is 2. The highest BCUT2D eigenvalue weighted by atomic mass is 16.5. The molecular formula is C18H21N3O5. The lowest BCUT2D eigenvalue weighted by Crippen LogP contribution is -2.44. The van der Waals surface area contributed by atoms with Crippen LogP contribution in [-0.4, -0.2) is 56.0 Å². The number of aromatic carboxylic acids is 1. The van der Waals surface area contributed by atoms with E-state index >= 15 is 0 Å². The summed E-state index contributed by atoms with van der Waals surface area (Å²) in [6.07, 6.45) is -0.829. The number of rotatable bonds is 5. The van der Waals surface area contributed by atoms with Gasteiger partial charge in [-0.15, -0.1) is 0 Å². The second-order valence-electron chi connectivity index (χ2n) is 6.30. The Hall–Kier alpha value is -2.87. The maximum Gasteiger partial charge on any atom is 0.356 e. The first-order valence-corrected chi connectivity index (χ1v) is 8.31. The Bertz CT molecular complexity index is 845. The average Bonchev–Trinajstić information content (AvgIpc) is 2.96. The summed E-state index contributed by atoms with van der Waals surface area (Å²) in [6, 6.07) is 7.35. The van der Waals surface area contributed by atoms with E-state index in [1.54, 1.807) is 17.8 Å². The van der Waals surface area contributed by atoms with Gasteiger partial charge in [0.05, 0.1) is 0 Å². The van der Waals surface area contributed by atoms with Crippen molar-refractivity contribution in [3.05, 3.63) is 46.8 Å². The Morgan fingerprint density at radius 3 is 2.77 bits per heavy atom. The number of aliphatic hydroxyl groups excluding tert-OH is 1. The number of para-hydroxylation sites is 1. The van der Waals surface area contributed by atoms with E-state index in [0.29, 0.717) is 24.3 Å². The molecule has 2 heterocycles. The highest BCUT2D eigenvalue weighted by molar-refractivity contribution is 5.88. The summed E-state index contributed by atoms with van der Waals surface area (Å²) in [5, 5.41) is 23.5. The van der Waals surface area contributed by atoms with Crippen molar-refractivity contribution in [2.24, 2.45) is 7.05 Å². The second-order valence-corrected chi connectivity index (χ2v) is 6.30. The highest BCUT2D eigenvalue weighted by Gasteiger charge is 2.31. The molecule has 0 spiro atoms. The molecule has 1 aromatic heterocycles. The van der Waals surface area contributed by atoms with Gasteiger partial charge >= 0.3 is 5.97 Å². The molecule has 26 heavy (non-hydrogen) atoms. The third-order valence-electron chi connectivity index (χ3n) is 4.53. The highest BCUT2D eigenvalue weighted by Crippen LogP contribution is 2.23. The fourth-order valence-corrected chi connectivity index (χ4v) is 3.12. The van der Waals surface area contributed by atoms with E-state index in [9.17, 15) is 19.8 Å². The van der Waals surface area contributed by atoms with Crippen LogP contribution in [0.5, 0.6) is 5.75 Å². The Morgan fingerprint density at radius 2 is 2.08 bits per heavy atom. The minimum atomic E-state index is -1.32. The van der Waals surface area contributed by atoms with Crippen LogP contribution in [0.4, 0.5) is 0 Å². The van der Waals surface area contributed by atoms with Crippen molar-refractivity contribution in [1.29, 1.82) is 0 Å². The molecule has 0 fully saturated rings. The molecule has 1 amide bonds. The summed E-state index contributed by atoms with van der Waals surface area (Å²) in [7, 11) is 1.69. The predicted octanol–water partition coefficient (Wildman–Crippen LogP) is 0.751. The molecule has 0 unspecified atom stereocenters. The van der Waals surface area contributed by atoms with E-state index in [0.717, 1.165) is 11.3 Å². The summed E-state index contributed by atoms with van der Waals surface area (Å²) < 4.78 is 7.08. The van der Waals surface area contributed by atoms with Crippen LogP contribution in [0.2, 0.25) is 0 Å². The van der Waals surface area contributed by atoms with Crippen LogP contribution >= 0.6 is 0 Å². The number of fused-ring (bicyclic) bond motifs is 1.